The fourth-order valence-electron chi connectivity index (χ4n) is 3.43. The lowest BCUT2D eigenvalue weighted by molar-refractivity contribution is 0.210. The zero-order chi connectivity index (χ0) is 16.1. The number of hydrogen-bond acceptors (Lipinski definition) is 3. The van der Waals surface area contributed by atoms with Crippen LogP contribution in [0.1, 0.15) is 44.1 Å². The van der Waals surface area contributed by atoms with Gasteiger partial charge in [-0.3, -0.25) is 0 Å². The second-order valence-electron chi connectivity index (χ2n) is 6.49. The Morgan fingerprint density at radius 2 is 1.87 bits per heavy atom. The molecule has 0 bridgehead atoms. The molecule has 2 aliphatic rings. The molecule has 0 saturated heterocycles. The molecule has 2 amide bonds. The minimum absolute atomic E-state index is 0.000356. The fourth-order valence-corrected chi connectivity index (χ4v) is 3.43. The molecule has 0 aromatic heterocycles. The molecular formula is C18H26N2O3. The maximum absolute atomic E-state index is 12.2. The SMILES string of the molecule is COc1ccc2c(c1)C[C@@H](NC(=O)NC1CCCCCC1)CO2. The molecule has 5 nitrogen and oxygen atoms in total. The molecule has 23 heavy (non-hydrogen) atoms. The van der Waals surface area contributed by atoms with Gasteiger partial charge in [-0.15, -0.1) is 0 Å². The van der Waals surface area contributed by atoms with E-state index in [1.165, 1.54) is 25.7 Å². The first kappa shape index (κ1) is 16.0. The van der Waals surface area contributed by atoms with Crippen LogP contribution in [0.25, 0.3) is 0 Å². The number of fused-ring (bicyclic) bond motifs is 1. The van der Waals surface area contributed by atoms with Gasteiger partial charge >= 0.3 is 6.03 Å². The third-order valence-corrected chi connectivity index (χ3v) is 4.70. The first-order valence-electron chi connectivity index (χ1n) is 8.61. The molecule has 3 rings (SSSR count). The predicted octanol–water partition coefficient (Wildman–Crippen LogP) is 3.02. The predicted molar refractivity (Wildman–Crippen MR) is 89.1 cm³/mol. The number of benzene rings is 1. The van der Waals surface area contributed by atoms with Crippen LogP contribution >= 0.6 is 0 Å². The first-order chi connectivity index (χ1) is 11.2. The number of methoxy groups -OCH3 is 1. The second-order valence-corrected chi connectivity index (χ2v) is 6.49. The van der Waals surface area contributed by atoms with Gasteiger partial charge in [-0.2, -0.15) is 0 Å². The number of carbonyl (C=O) groups is 1. The Balaban J connectivity index is 1.53. The van der Waals surface area contributed by atoms with Crippen molar-refractivity contribution in [2.45, 2.75) is 57.0 Å². The van der Waals surface area contributed by atoms with Crippen LogP contribution in [-0.2, 0) is 6.42 Å². The molecule has 5 heteroatoms. The molecule has 1 fully saturated rings. The molecule has 1 saturated carbocycles. The van der Waals surface area contributed by atoms with E-state index in [4.69, 9.17) is 9.47 Å². The largest absolute Gasteiger partial charge is 0.497 e. The van der Waals surface area contributed by atoms with E-state index in [9.17, 15) is 4.79 Å². The molecule has 0 unspecified atom stereocenters. The topological polar surface area (TPSA) is 59.6 Å². The highest BCUT2D eigenvalue weighted by molar-refractivity contribution is 5.74. The van der Waals surface area contributed by atoms with Crippen LogP contribution in [0, 0.1) is 0 Å². The Morgan fingerprint density at radius 3 is 2.61 bits per heavy atom. The first-order valence-corrected chi connectivity index (χ1v) is 8.61. The maximum Gasteiger partial charge on any atom is 0.315 e. The number of rotatable bonds is 3. The molecular weight excluding hydrogens is 292 g/mol. The van der Waals surface area contributed by atoms with E-state index < -0.39 is 0 Å². The van der Waals surface area contributed by atoms with Crippen LogP contribution < -0.4 is 20.1 Å². The Bertz CT molecular complexity index is 539. The van der Waals surface area contributed by atoms with Crippen molar-refractivity contribution in [3.05, 3.63) is 23.8 Å². The summed E-state index contributed by atoms with van der Waals surface area (Å²) in [6.07, 6.45) is 7.95. The van der Waals surface area contributed by atoms with Crippen LogP contribution in [0.2, 0.25) is 0 Å². The number of carbonyl (C=O) groups excluding carboxylic acids is 1. The molecule has 126 valence electrons. The number of amides is 2. The Kier molecular flexibility index (Phi) is 5.26. The van der Waals surface area contributed by atoms with Gasteiger partial charge in [0.25, 0.3) is 0 Å². The zero-order valence-corrected chi connectivity index (χ0v) is 13.8. The summed E-state index contributed by atoms with van der Waals surface area (Å²) in [7, 11) is 1.65. The molecule has 1 aliphatic heterocycles. The van der Waals surface area contributed by atoms with E-state index in [0.717, 1.165) is 36.3 Å². The van der Waals surface area contributed by atoms with Gasteiger partial charge in [0.2, 0.25) is 0 Å². The van der Waals surface area contributed by atoms with Crippen molar-refractivity contribution in [2.24, 2.45) is 0 Å². The monoisotopic (exact) mass is 318 g/mol. The average Bonchev–Trinajstić information content (AvgIpc) is 2.82. The number of nitrogens with one attached hydrogen (secondary N) is 2. The van der Waals surface area contributed by atoms with Crippen molar-refractivity contribution in [1.29, 1.82) is 0 Å². The van der Waals surface area contributed by atoms with Crippen LogP contribution in [0.3, 0.4) is 0 Å². The van der Waals surface area contributed by atoms with Gasteiger partial charge < -0.3 is 20.1 Å². The average molecular weight is 318 g/mol. The summed E-state index contributed by atoms with van der Waals surface area (Å²) in [4.78, 5) is 12.2. The lowest BCUT2D eigenvalue weighted by Crippen LogP contribution is -2.49. The van der Waals surface area contributed by atoms with Gasteiger partial charge in [-0.1, -0.05) is 25.7 Å². The van der Waals surface area contributed by atoms with Crippen LogP contribution in [0.15, 0.2) is 18.2 Å². The lowest BCUT2D eigenvalue weighted by atomic mass is 10.0. The lowest BCUT2D eigenvalue weighted by Gasteiger charge is -2.27. The summed E-state index contributed by atoms with van der Waals surface area (Å²) in [5.74, 6) is 1.70. The molecule has 0 spiro atoms. The van der Waals surface area contributed by atoms with Crippen LogP contribution in [0.5, 0.6) is 11.5 Å². The number of urea groups is 1. The van der Waals surface area contributed by atoms with E-state index in [1.807, 2.05) is 18.2 Å². The van der Waals surface area contributed by atoms with Gasteiger partial charge in [0.05, 0.1) is 13.2 Å². The number of hydrogen-bond donors (Lipinski definition) is 2. The van der Waals surface area contributed by atoms with E-state index in [-0.39, 0.29) is 12.1 Å². The van der Waals surface area contributed by atoms with Crippen molar-refractivity contribution >= 4 is 6.03 Å². The third kappa shape index (κ3) is 4.30. The van der Waals surface area contributed by atoms with Crippen molar-refractivity contribution < 1.29 is 14.3 Å². The standard InChI is InChI=1S/C18H26N2O3/c1-22-16-8-9-17-13(11-16)10-15(12-23-17)20-18(21)19-14-6-4-2-3-5-7-14/h8-9,11,14-15H,2-7,10,12H2,1H3,(H2,19,20,21)/t15-/m1/s1. The second kappa shape index (κ2) is 7.57. The summed E-state index contributed by atoms with van der Waals surface area (Å²) >= 11 is 0. The van der Waals surface area contributed by atoms with Gasteiger partial charge in [0.15, 0.2) is 0 Å². The van der Waals surface area contributed by atoms with Crippen molar-refractivity contribution in [1.82, 2.24) is 10.6 Å². The maximum atomic E-state index is 12.2. The quantitative estimate of drug-likeness (QED) is 0.842. The van der Waals surface area contributed by atoms with E-state index >= 15 is 0 Å². The summed E-state index contributed by atoms with van der Waals surface area (Å²) in [5.41, 5.74) is 1.08. The normalized spacial score (nSPS) is 21.5. The minimum atomic E-state index is -0.0724. The van der Waals surface area contributed by atoms with Gasteiger partial charge in [-0.05, 0) is 43.0 Å². The van der Waals surface area contributed by atoms with Crippen LogP contribution in [0.4, 0.5) is 4.79 Å². The zero-order valence-electron chi connectivity index (χ0n) is 13.8. The highest BCUT2D eigenvalue weighted by Gasteiger charge is 2.23. The van der Waals surface area contributed by atoms with Gasteiger partial charge in [0, 0.05) is 6.04 Å². The summed E-state index contributed by atoms with van der Waals surface area (Å²) in [6.45, 7) is 0.511. The third-order valence-electron chi connectivity index (χ3n) is 4.70. The Hall–Kier alpha value is -1.91. The van der Waals surface area contributed by atoms with E-state index in [2.05, 4.69) is 10.6 Å². The molecule has 2 N–H and O–H groups in total. The van der Waals surface area contributed by atoms with Crippen LogP contribution in [-0.4, -0.2) is 31.8 Å². The highest BCUT2D eigenvalue weighted by atomic mass is 16.5. The van der Waals surface area contributed by atoms with Gasteiger partial charge in [-0.25, -0.2) is 4.79 Å². The van der Waals surface area contributed by atoms with E-state index in [0.29, 0.717) is 12.6 Å². The van der Waals surface area contributed by atoms with Crippen molar-refractivity contribution in [3.8, 4) is 11.5 Å². The Morgan fingerprint density at radius 1 is 1.13 bits per heavy atom. The molecule has 1 aromatic carbocycles. The minimum Gasteiger partial charge on any atom is -0.497 e. The smallest absolute Gasteiger partial charge is 0.315 e. The molecule has 0 radical (unpaired) electrons. The van der Waals surface area contributed by atoms with Crippen molar-refractivity contribution in [2.75, 3.05) is 13.7 Å². The van der Waals surface area contributed by atoms with E-state index in [1.54, 1.807) is 7.11 Å². The molecule has 1 heterocycles. The molecule has 1 atom stereocenters. The fraction of sp³-hybridized carbons (Fsp3) is 0.611. The summed E-state index contributed by atoms with van der Waals surface area (Å²) in [5, 5.41) is 6.17. The van der Waals surface area contributed by atoms with Crippen molar-refractivity contribution in [3.63, 3.8) is 0 Å². The highest BCUT2D eigenvalue weighted by Crippen LogP contribution is 2.28. The molecule has 1 aliphatic carbocycles. The summed E-state index contributed by atoms with van der Waals surface area (Å²) in [6, 6.07) is 6.04. The Labute approximate surface area is 137 Å². The molecule has 1 aromatic rings. The van der Waals surface area contributed by atoms with Gasteiger partial charge in [0.1, 0.15) is 18.1 Å². The summed E-state index contributed by atoms with van der Waals surface area (Å²) < 4.78 is 11.0. The number of ether oxygens (including phenoxy) is 2.